The molecule has 5 heteroatoms. The van der Waals surface area contributed by atoms with Crippen molar-refractivity contribution in [3.8, 4) is 0 Å². The molecule has 1 heterocycles. The molecule has 1 aliphatic rings. The predicted octanol–water partition coefficient (Wildman–Crippen LogP) is -0.403. The SMILES string of the molecule is O=CCOC(=O)N1CCC(=O)C1. The molecule has 0 saturated carbocycles. The van der Waals surface area contributed by atoms with Crippen LogP contribution in [0, 0.1) is 0 Å². The van der Waals surface area contributed by atoms with Gasteiger partial charge in [0.1, 0.15) is 6.61 Å². The summed E-state index contributed by atoms with van der Waals surface area (Å²) in [6.07, 6.45) is 0.291. The number of nitrogens with zero attached hydrogens (tertiary/aromatic N) is 1. The Balaban J connectivity index is 2.32. The van der Waals surface area contributed by atoms with Gasteiger partial charge in [-0.15, -0.1) is 0 Å². The quantitative estimate of drug-likeness (QED) is 0.530. The predicted molar refractivity (Wildman–Crippen MR) is 38.6 cm³/mol. The fourth-order valence-corrected chi connectivity index (χ4v) is 0.983. The van der Waals surface area contributed by atoms with Gasteiger partial charge in [-0.05, 0) is 0 Å². The normalized spacial score (nSPS) is 16.3. The number of hydrogen-bond donors (Lipinski definition) is 0. The third kappa shape index (κ3) is 2.05. The van der Waals surface area contributed by atoms with Gasteiger partial charge in [-0.2, -0.15) is 0 Å². The van der Waals surface area contributed by atoms with Crippen molar-refractivity contribution in [1.29, 1.82) is 0 Å². The van der Waals surface area contributed by atoms with Gasteiger partial charge >= 0.3 is 6.09 Å². The zero-order valence-electron chi connectivity index (χ0n) is 6.49. The van der Waals surface area contributed by atoms with Crippen molar-refractivity contribution >= 4 is 18.2 Å². The topological polar surface area (TPSA) is 63.7 Å². The van der Waals surface area contributed by atoms with Crippen LogP contribution in [0.3, 0.4) is 0 Å². The van der Waals surface area contributed by atoms with Gasteiger partial charge in [0.25, 0.3) is 0 Å². The standard InChI is InChI=1S/C7H9NO4/c9-3-4-12-7(11)8-2-1-6(10)5-8/h3H,1-2,4-5H2. The molecule has 0 aliphatic carbocycles. The molecule has 0 atom stereocenters. The fraction of sp³-hybridized carbons (Fsp3) is 0.571. The molecule has 1 rings (SSSR count). The minimum absolute atomic E-state index is 0.0260. The summed E-state index contributed by atoms with van der Waals surface area (Å²) in [7, 11) is 0. The van der Waals surface area contributed by atoms with E-state index in [1.807, 2.05) is 0 Å². The van der Waals surface area contributed by atoms with Crippen LogP contribution in [-0.4, -0.2) is 42.8 Å². The molecule has 66 valence electrons. The molecular formula is C7H9NO4. The molecule has 1 fully saturated rings. The second-order valence-corrected chi connectivity index (χ2v) is 2.45. The summed E-state index contributed by atoms with van der Waals surface area (Å²) in [6, 6.07) is 0. The van der Waals surface area contributed by atoms with Crippen molar-refractivity contribution in [3.05, 3.63) is 0 Å². The number of ketones is 1. The van der Waals surface area contributed by atoms with Crippen LogP contribution in [0.25, 0.3) is 0 Å². The first-order chi connectivity index (χ1) is 5.74. The van der Waals surface area contributed by atoms with Crippen molar-refractivity contribution in [1.82, 2.24) is 4.90 Å². The lowest BCUT2D eigenvalue weighted by Crippen LogP contribution is -2.29. The van der Waals surface area contributed by atoms with E-state index in [-0.39, 0.29) is 18.9 Å². The van der Waals surface area contributed by atoms with E-state index in [1.54, 1.807) is 0 Å². The monoisotopic (exact) mass is 171 g/mol. The lowest BCUT2D eigenvalue weighted by molar-refractivity contribution is -0.116. The minimum atomic E-state index is -0.590. The molecule has 0 aromatic heterocycles. The van der Waals surface area contributed by atoms with Crippen LogP contribution in [0.4, 0.5) is 4.79 Å². The fourth-order valence-electron chi connectivity index (χ4n) is 0.983. The Bertz CT molecular complexity index is 213. The van der Waals surface area contributed by atoms with Crippen LogP contribution in [0.5, 0.6) is 0 Å². The number of hydrogen-bond acceptors (Lipinski definition) is 4. The van der Waals surface area contributed by atoms with Gasteiger partial charge in [0, 0.05) is 13.0 Å². The third-order valence-electron chi connectivity index (χ3n) is 1.56. The highest BCUT2D eigenvalue weighted by atomic mass is 16.6. The highest BCUT2D eigenvalue weighted by Gasteiger charge is 2.24. The highest BCUT2D eigenvalue weighted by Crippen LogP contribution is 2.05. The number of rotatable bonds is 2. The number of amides is 1. The molecule has 5 nitrogen and oxygen atoms in total. The number of likely N-dealkylation sites (tertiary alicyclic amines) is 1. The zero-order chi connectivity index (χ0) is 8.97. The van der Waals surface area contributed by atoms with Crippen LogP contribution in [0.15, 0.2) is 0 Å². The Labute approximate surface area is 69.3 Å². The molecule has 0 aromatic rings. The number of Topliss-reactive ketones (excluding diaryl/α,β-unsaturated/α-hetero) is 1. The summed E-state index contributed by atoms with van der Waals surface area (Å²) >= 11 is 0. The van der Waals surface area contributed by atoms with Gasteiger partial charge in [0.05, 0.1) is 6.54 Å². The second-order valence-electron chi connectivity index (χ2n) is 2.45. The van der Waals surface area contributed by atoms with Crippen molar-refractivity contribution in [2.45, 2.75) is 6.42 Å². The lowest BCUT2D eigenvalue weighted by atomic mass is 10.4. The Morgan fingerprint density at radius 2 is 2.42 bits per heavy atom. The van der Waals surface area contributed by atoms with Gasteiger partial charge in [0.2, 0.25) is 0 Å². The Morgan fingerprint density at radius 1 is 1.67 bits per heavy atom. The van der Waals surface area contributed by atoms with E-state index < -0.39 is 6.09 Å². The van der Waals surface area contributed by atoms with Crippen molar-refractivity contribution in [2.24, 2.45) is 0 Å². The molecule has 12 heavy (non-hydrogen) atoms. The average Bonchev–Trinajstić information content (AvgIpc) is 2.47. The van der Waals surface area contributed by atoms with E-state index in [9.17, 15) is 14.4 Å². The number of ether oxygens (including phenoxy) is 1. The van der Waals surface area contributed by atoms with Crippen LogP contribution in [0.1, 0.15) is 6.42 Å². The first-order valence-electron chi connectivity index (χ1n) is 3.61. The Morgan fingerprint density at radius 3 is 2.92 bits per heavy atom. The molecule has 1 aliphatic heterocycles. The summed E-state index contributed by atoms with van der Waals surface area (Å²) in [5.74, 6) is 0.0260. The van der Waals surface area contributed by atoms with Gasteiger partial charge in [-0.25, -0.2) is 4.79 Å². The molecule has 0 bridgehead atoms. The van der Waals surface area contributed by atoms with E-state index in [0.29, 0.717) is 19.3 Å². The molecular weight excluding hydrogens is 162 g/mol. The molecule has 1 amide bonds. The maximum Gasteiger partial charge on any atom is 0.410 e. The number of aldehydes is 1. The zero-order valence-corrected chi connectivity index (χ0v) is 6.49. The van der Waals surface area contributed by atoms with E-state index >= 15 is 0 Å². The molecule has 1 saturated heterocycles. The van der Waals surface area contributed by atoms with Gasteiger partial charge in [-0.1, -0.05) is 0 Å². The third-order valence-corrected chi connectivity index (χ3v) is 1.56. The van der Waals surface area contributed by atoms with Crippen molar-refractivity contribution in [2.75, 3.05) is 19.7 Å². The summed E-state index contributed by atoms with van der Waals surface area (Å²) in [6.45, 7) is 0.262. The number of carbonyl (C=O) groups is 3. The Kier molecular flexibility index (Phi) is 2.79. The van der Waals surface area contributed by atoms with Crippen molar-refractivity contribution < 1.29 is 19.1 Å². The largest absolute Gasteiger partial charge is 0.442 e. The highest BCUT2D eigenvalue weighted by molar-refractivity contribution is 5.87. The molecule has 0 unspecified atom stereocenters. The van der Waals surface area contributed by atoms with Crippen LogP contribution >= 0.6 is 0 Å². The van der Waals surface area contributed by atoms with E-state index in [4.69, 9.17) is 0 Å². The smallest absolute Gasteiger partial charge is 0.410 e. The van der Waals surface area contributed by atoms with E-state index in [0.717, 1.165) is 0 Å². The molecule has 0 N–H and O–H groups in total. The van der Waals surface area contributed by atoms with Crippen LogP contribution in [0.2, 0.25) is 0 Å². The number of carbonyl (C=O) groups excluding carboxylic acids is 3. The molecule has 0 spiro atoms. The second kappa shape index (κ2) is 3.85. The first kappa shape index (κ1) is 8.70. The minimum Gasteiger partial charge on any atom is -0.442 e. The lowest BCUT2D eigenvalue weighted by Gasteiger charge is -2.12. The summed E-state index contributed by atoms with van der Waals surface area (Å²) in [5, 5.41) is 0. The van der Waals surface area contributed by atoms with Crippen LogP contribution < -0.4 is 0 Å². The summed E-state index contributed by atoms with van der Waals surface area (Å²) in [5.41, 5.74) is 0. The van der Waals surface area contributed by atoms with Crippen LogP contribution in [-0.2, 0) is 14.3 Å². The van der Waals surface area contributed by atoms with Gasteiger partial charge < -0.3 is 9.64 Å². The van der Waals surface area contributed by atoms with Gasteiger partial charge in [0.15, 0.2) is 12.1 Å². The molecule has 0 radical (unpaired) electrons. The molecule has 0 aromatic carbocycles. The first-order valence-corrected chi connectivity index (χ1v) is 3.61. The average molecular weight is 171 g/mol. The van der Waals surface area contributed by atoms with E-state index in [2.05, 4.69) is 4.74 Å². The summed E-state index contributed by atoms with van der Waals surface area (Å²) in [4.78, 5) is 32.8. The van der Waals surface area contributed by atoms with E-state index in [1.165, 1.54) is 4.90 Å². The van der Waals surface area contributed by atoms with Crippen molar-refractivity contribution in [3.63, 3.8) is 0 Å². The Hall–Kier alpha value is -1.39. The maximum atomic E-state index is 10.9. The van der Waals surface area contributed by atoms with Gasteiger partial charge in [-0.3, -0.25) is 9.59 Å². The summed E-state index contributed by atoms with van der Waals surface area (Å²) < 4.78 is 4.49. The maximum absolute atomic E-state index is 10.9.